The minimum Gasteiger partial charge on any atom is -0.326 e. The van der Waals surface area contributed by atoms with Gasteiger partial charge in [0.05, 0.1) is 0 Å². The van der Waals surface area contributed by atoms with Gasteiger partial charge in [0.2, 0.25) is 0 Å². The molecule has 100 valence electrons. The standard InChI is InChI=1S/C14H29N3/c1-16-9-7-12(8-10-16)11-17(2)14-6-4-3-5-13(14)15/h12-14H,3-11,15H2,1-2H3. The summed E-state index contributed by atoms with van der Waals surface area (Å²) in [7, 11) is 4.52. The summed E-state index contributed by atoms with van der Waals surface area (Å²) >= 11 is 0. The summed E-state index contributed by atoms with van der Waals surface area (Å²) in [5.74, 6) is 0.894. The number of likely N-dealkylation sites (tertiary alicyclic amines) is 1. The number of nitrogens with two attached hydrogens (primary N) is 1. The molecule has 2 fully saturated rings. The van der Waals surface area contributed by atoms with Gasteiger partial charge in [-0.15, -0.1) is 0 Å². The summed E-state index contributed by atoms with van der Waals surface area (Å²) in [5, 5.41) is 0. The van der Waals surface area contributed by atoms with Crippen molar-refractivity contribution in [2.45, 2.75) is 50.6 Å². The first-order valence-corrected chi connectivity index (χ1v) is 7.31. The van der Waals surface area contributed by atoms with Crippen LogP contribution in [0.3, 0.4) is 0 Å². The second kappa shape index (κ2) is 6.17. The van der Waals surface area contributed by atoms with E-state index in [1.807, 2.05) is 0 Å². The molecular weight excluding hydrogens is 210 g/mol. The predicted molar refractivity (Wildman–Crippen MR) is 73.1 cm³/mol. The Labute approximate surface area is 106 Å². The quantitative estimate of drug-likeness (QED) is 0.811. The highest BCUT2D eigenvalue weighted by Gasteiger charge is 2.27. The molecule has 1 saturated heterocycles. The predicted octanol–water partition coefficient (Wildman–Crippen LogP) is 1.53. The van der Waals surface area contributed by atoms with Gasteiger partial charge in [0, 0.05) is 18.6 Å². The first-order chi connectivity index (χ1) is 8.16. The molecule has 17 heavy (non-hydrogen) atoms. The second-order valence-corrected chi connectivity index (χ2v) is 6.20. The molecule has 2 N–H and O–H groups in total. The highest BCUT2D eigenvalue weighted by atomic mass is 15.2. The molecule has 0 spiro atoms. The van der Waals surface area contributed by atoms with Gasteiger partial charge in [-0.05, 0) is 58.8 Å². The maximum atomic E-state index is 6.26. The minimum absolute atomic E-state index is 0.417. The third kappa shape index (κ3) is 3.67. The lowest BCUT2D eigenvalue weighted by atomic mass is 9.88. The van der Waals surface area contributed by atoms with Crippen LogP contribution in [0.2, 0.25) is 0 Å². The lowest BCUT2D eigenvalue weighted by Crippen LogP contribution is -2.50. The van der Waals surface area contributed by atoms with E-state index in [0.717, 1.165) is 5.92 Å². The summed E-state index contributed by atoms with van der Waals surface area (Å²) in [4.78, 5) is 5.00. The van der Waals surface area contributed by atoms with Crippen molar-refractivity contribution < 1.29 is 0 Å². The molecule has 0 aromatic heterocycles. The van der Waals surface area contributed by atoms with Crippen molar-refractivity contribution in [2.75, 3.05) is 33.7 Å². The molecule has 1 aliphatic heterocycles. The molecule has 0 radical (unpaired) electrons. The summed E-state index contributed by atoms with van der Waals surface area (Å²) in [6.07, 6.45) is 7.97. The third-order valence-electron chi connectivity index (χ3n) is 4.73. The maximum Gasteiger partial charge on any atom is 0.0244 e. The first kappa shape index (κ1) is 13.3. The van der Waals surface area contributed by atoms with E-state index in [4.69, 9.17) is 5.73 Å². The van der Waals surface area contributed by atoms with Crippen molar-refractivity contribution in [3.63, 3.8) is 0 Å². The first-order valence-electron chi connectivity index (χ1n) is 7.31. The molecule has 0 amide bonds. The number of piperidine rings is 1. The van der Waals surface area contributed by atoms with Crippen molar-refractivity contribution in [3.05, 3.63) is 0 Å². The van der Waals surface area contributed by atoms with E-state index in [2.05, 4.69) is 23.9 Å². The molecule has 3 heteroatoms. The van der Waals surface area contributed by atoms with Crippen molar-refractivity contribution >= 4 is 0 Å². The van der Waals surface area contributed by atoms with E-state index < -0.39 is 0 Å². The van der Waals surface area contributed by atoms with Crippen LogP contribution in [0.5, 0.6) is 0 Å². The molecule has 2 aliphatic rings. The summed E-state index contributed by atoms with van der Waals surface area (Å²) in [5.41, 5.74) is 6.26. The molecule has 1 saturated carbocycles. The average Bonchev–Trinajstić information content (AvgIpc) is 2.32. The summed E-state index contributed by atoms with van der Waals surface area (Å²) in [6.45, 7) is 3.80. The van der Waals surface area contributed by atoms with E-state index in [1.54, 1.807) is 0 Å². The van der Waals surface area contributed by atoms with Crippen LogP contribution in [-0.4, -0.2) is 55.6 Å². The smallest absolute Gasteiger partial charge is 0.0244 e. The Morgan fingerprint density at radius 2 is 1.76 bits per heavy atom. The SMILES string of the molecule is CN1CCC(CN(C)C2CCCCC2N)CC1. The summed E-state index contributed by atoms with van der Waals surface area (Å²) in [6, 6.07) is 1.06. The second-order valence-electron chi connectivity index (χ2n) is 6.20. The lowest BCUT2D eigenvalue weighted by molar-refractivity contribution is 0.119. The van der Waals surface area contributed by atoms with Gasteiger partial charge in [0.25, 0.3) is 0 Å². The van der Waals surface area contributed by atoms with Crippen LogP contribution in [0.25, 0.3) is 0 Å². The Morgan fingerprint density at radius 3 is 2.41 bits per heavy atom. The molecule has 2 rings (SSSR count). The van der Waals surface area contributed by atoms with E-state index in [-0.39, 0.29) is 0 Å². The summed E-state index contributed by atoms with van der Waals surface area (Å²) < 4.78 is 0. The lowest BCUT2D eigenvalue weighted by Gasteiger charge is -2.39. The van der Waals surface area contributed by atoms with Crippen LogP contribution in [0.4, 0.5) is 0 Å². The monoisotopic (exact) mass is 239 g/mol. The zero-order chi connectivity index (χ0) is 12.3. The molecule has 3 nitrogen and oxygen atoms in total. The van der Waals surface area contributed by atoms with Crippen LogP contribution in [0.1, 0.15) is 38.5 Å². The van der Waals surface area contributed by atoms with Crippen LogP contribution in [0, 0.1) is 5.92 Å². The van der Waals surface area contributed by atoms with Crippen molar-refractivity contribution in [1.82, 2.24) is 9.80 Å². The maximum absolute atomic E-state index is 6.26. The topological polar surface area (TPSA) is 32.5 Å². The Balaban J connectivity index is 1.77. The molecule has 0 aromatic carbocycles. The largest absolute Gasteiger partial charge is 0.326 e. The normalized spacial score (nSPS) is 33.2. The molecule has 2 unspecified atom stereocenters. The van der Waals surface area contributed by atoms with Crippen LogP contribution in [-0.2, 0) is 0 Å². The fraction of sp³-hybridized carbons (Fsp3) is 1.00. The van der Waals surface area contributed by atoms with Gasteiger partial charge in [-0.25, -0.2) is 0 Å². The number of hydrogen-bond donors (Lipinski definition) is 1. The van der Waals surface area contributed by atoms with E-state index in [1.165, 1.54) is 58.2 Å². The average molecular weight is 239 g/mol. The minimum atomic E-state index is 0.417. The third-order valence-corrected chi connectivity index (χ3v) is 4.73. The number of rotatable bonds is 3. The number of likely N-dealkylation sites (N-methyl/N-ethyl adjacent to an activating group) is 1. The van der Waals surface area contributed by atoms with Crippen LogP contribution < -0.4 is 5.73 Å². The van der Waals surface area contributed by atoms with Gasteiger partial charge in [0.1, 0.15) is 0 Å². The molecule has 2 atom stereocenters. The van der Waals surface area contributed by atoms with Crippen LogP contribution >= 0.6 is 0 Å². The highest BCUT2D eigenvalue weighted by molar-refractivity contribution is 4.86. The Kier molecular flexibility index (Phi) is 4.83. The fourth-order valence-corrected chi connectivity index (χ4v) is 3.47. The van der Waals surface area contributed by atoms with E-state index in [0.29, 0.717) is 12.1 Å². The van der Waals surface area contributed by atoms with Gasteiger partial charge < -0.3 is 15.5 Å². The van der Waals surface area contributed by atoms with Crippen LogP contribution in [0.15, 0.2) is 0 Å². The van der Waals surface area contributed by atoms with Gasteiger partial charge in [-0.3, -0.25) is 0 Å². The molecule has 1 heterocycles. The molecule has 1 aliphatic carbocycles. The molecule has 0 aromatic rings. The van der Waals surface area contributed by atoms with E-state index >= 15 is 0 Å². The van der Waals surface area contributed by atoms with Crippen molar-refractivity contribution in [1.29, 1.82) is 0 Å². The Bertz CT molecular complexity index is 224. The zero-order valence-electron chi connectivity index (χ0n) is 11.6. The van der Waals surface area contributed by atoms with E-state index in [9.17, 15) is 0 Å². The Morgan fingerprint density at radius 1 is 1.12 bits per heavy atom. The zero-order valence-corrected chi connectivity index (χ0v) is 11.6. The van der Waals surface area contributed by atoms with Gasteiger partial charge in [-0.1, -0.05) is 12.8 Å². The highest BCUT2D eigenvalue weighted by Crippen LogP contribution is 2.24. The fourth-order valence-electron chi connectivity index (χ4n) is 3.47. The van der Waals surface area contributed by atoms with Gasteiger partial charge in [0.15, 0.2) is 0 Å². The van der Waals surface area contributed by atoms with Gasteiger partial charge in [-0.2, -0.15) is 0 Å². The molecule has 0 bridgehead atoms. The molecular formula is C14H29N3. The van der Waals surface area contributed by atoms with Crippen molar-refractivity contribution in [3.8, 4) is 0 Å². The Hall–Kier alpha value is -0.120. The number of nitrogens with zero attached hydrogens (tertiary/aromatic N) is 2. The number of hydrogen-bond acceptors (Lipinski definition) is 3. The van der Waals surface area contributed by atoms with Crippen molar-refractivity contribution in [2.24, 2.45) is 11.7 Å². The van der Waals surface area contributed by atoms with Gasteiger partial charge >= 0.3 is 0 Å².